The number of esters is 1. The smallest absolute Gasteiger partial charge is 0.349 e. The Labute approximate surface area is 167 Å². The molecule has 0 aliphatic carbocycles. The number of ether oxygens (including phenoxy) is 2. The van der Waals surface area contributed by atoms with E-state index < -0.39 is 17.5 Å². The maximum Gasteiger partial charge on any atom is 0.349 e. The number of methoxy groups -OCH3 is 1. The van der Waals surface area contributed by atoms with Crippen molar-refractivity contribution in [1.29, 1.82) is 0 Å². The van der Waals surface area contributed by atoms with Crippen LogP contribution in [0, 0.1) is 0 Å². The third kappa shape index (κ3) is 4.29. The molecule has 3 rings (SSSR count). The van der Waals surface area contributed by atoms with Crippen molar-refractivity contribution >= 4 is 44.9 Å². The van der Waals surface area contributed by atoms with Crippen molar-refractivity contribution in [1.82, 2.24) is 0 Å². The number of nitrogens with two attached hydrogens (primary N) is 1. The van der Waals surface area contributed by atoms with Crippen molar-refractivity contribution in [2.24, 2.45) is 5.73 Å². The topological polar surface area (TPSA) is 109 Å². The third-order valence-electron chi connectivity index (χ3n) is 3.78. The van der Waals surface area contributed by atoms with Crippen molar-refractivity contribution in [2.75, 3.05) is 7.11 Å². The lowest BCUT2D eigenvalue weighted by Crippen LogP contribution is -2.20. The van der Waals surface area contributed by atoms with Crippen molar-refractivity contribution in [3.63, 3.8) is 0 Å². The van der Waals surface area contributed by atoms with Crippen LogP contribution in [0.3, 0.4) is 0 Å². The number of primary amides is 1. The van der Waals surface area contributed by atoms with Gasteiger partial charge < -0.3 is 19.6 Å². The number of carbonyl (C=O) groups excluding carboxylic acids is 2. The van der Waals surface area contributed by atoms with Crippen LogP contribution >= 0.6 is 15.9 Å². The summed E-state index contributed by atoms with van der Waals surface area (Å²) >= 11 is 3.37. The molecule has 1 heterocycles. The Bertz CT molecular complexity index is 1170. The molecule has 0 fully saturated rings. The molecule has 0 atom stereocenters. The zero-order chi connectivity index (χ0) is 20.3. The summed E-state index contributed by atoms with van der Waals surface area (Å²) in [5, 5.41) is 0.479. The van der Waals surface area contributed by atoms with Gasteiger partial charge in [-0.3, -0.25) is 4.79 Å². The number of hydrogen-bond donors (Lipinski definition) is 1. The van der Waals surface area contributed by atoms with Gasteiger partial charge in [0.2, 0.25) is 0 Å². The molecule has 0 radical (unpaired) electrons. The van der Waals surface area contributed by atoms with Crippen molar-refractivity contribution in [2.45, 2.75) is 0 Å². The highest BCUT2D eigenvalue weighted by Crippen LogP contribution is 2.26. The summed E-state index contributed by atoms with van der Waals surface area (Å²) in [4.78, 5) is 35.0. The molecule has 2 aromatic carbocycles. The van der Waals surface area contributed by atoms with E-state index in [-0.39, 0.29) is 16.9 Å². The molecule has 0 aliphatic rings. The predicted molar refractivity (Wildman–Crippen MR) is 106 cm³/mol. The fraction of sp³-hybridized carbons (Fsp3) is 0.0500. The molecule has 0 spiro atoms. The van der Waals surface area contributed by atoms with Gasteiger partial charge >= 0.3 is 11.6 Å². The number of hydrogen-bond acceptors (Lipinski definition) is 6. The molecule has 0 unspecified atom stereocenters. The van der Waals surface area contributed by atoms with Gasteiger partial charge in [0, 0.05) is 17.5 Å². The van der Waals surface area contributed by atoms with E-state index in [4.69, 9.17) is 19.6 Å². The first-order chi connectivity index (χ1) is 13.4. The average Bonchev–Trinajstić information content (AvgIpc) is 2.65. The molecule has 0 bridgehead atoms. The summed E-state index contributed by atoms with van der Waals surface area (Å²) in [5.41, 5.74) is 4.97. The van der Waals surface area contributed by atoms with Gasteiger partial charge in [0.15, 0.2) is 0 Å². The summed E-state index contributed by atoms with van der Waals surface area (Å²) in [6.45, 7) is 0. The standard InChI is InChI=1S/C20H14BrNO6/c1-26-16-6-2-11(8-15(16)21)3-7-18(23)27-13-5-4-12-9-14(19(22)24)20(25)28-17(12)10-13/h2-10H,1H3,(H2,22,24)/b7-3+. The van der Waals surface area contributed by atoms with Gasteiger partial charge in [-0.2, -0.15) is 0 Å². The van der Waals surface area contributed by atoms with Crippen LogP contribution < -0.4 is 20.8 Å². The van der Waals surface area contributed by atoms with Crippen LogP contribution in [0.1, 0.15) is 15.9 Å². The maximum absolute atomic E-state index is 12.0. The first kappa shape index (κ1) is 19.4. The number of rotatable bonds is 5. The predicted octanol–water partition coefficient (Wildman–Crippen LogP) is 3.28. The summed E-state index contributed by atoms with van der Waals surface area (Å²) < 4.78 is 16.2. The number of benzene rings is 2. The highest BCUT2D eigenvalue weighted by Gasteiger charge is 2.11. The molecule has 0 saturated carbocycles. The molecule has 8 heteroatoms. The van der Waals surface area contributed by atoms with Crippen LogP contribution in [0.25, 0.3) is 17.0 Å². The normalized spacial score (nSPS) is 10.9. The van der Waals surface area contributed by atoms with Gasteiger partial charge in [-0.1, -0.05) is 6.07 Å². The Morgan fingerprint density at radius 3 is 2.61 bits per heavy atom. The second-order valence-corrected chi connectivity index (χ2v) is 6.51. The zero-order valence-electron chi connectivity index (χ0n) is 14.6. The number of halogens is 1. The molecule has 3 aromatic rings. The Balaban J connectivity index is 1.77. The monoisotopic (exact) mass is 443 g/mol. The second-order valence-electron chi connectivity index (χ2n) is 5.66. The summed E-state index contributed by atoms with van der Waals surface area (Å²) in [7, 11) is 1.56. The Kier molecular flexibility index (Phi) is 5.60. The largest absolute Gasteiger partial charge is 0.496 e. The zero-order valence-corrected chi connectivity index (χ0v) is 16.2. The van der Waals surface area contributed by atoms with Crippen LogP contribution in [0.15, 0.2) is 62.2 Å². The first-order valence-electron chi connectivity index (χ1n) is 7.98. The molecule has 2 N–H and O–H groups in total. The quantitative estimate of drug-likeness (QED) is 0.280. The van der Waals surface area contributed by atoms with E-state index in [0.717, 1.165) is 10.0 Å². The van der Waals surface area contributed by atoms with Crippen molar-refractivity contribution in [3.05, 3.63) is 74.6 Å². The lowest BCUT2D eigenvalue weighted by atomic mass is 10.1. The van der Waals surface area contributed by atoms with Crippen LogP contribution in [0.5, 0.6) is 11.5 Å². The fourth-order valence-electron chi connectivity index (χ4n) is 2.43. The Morgan fingerprint density at radius 1 is 1.14 bits per heavy atom. The second kappa shape index (κ2) is 8.10. The number of fused-ring (bicyclic) bond motifs is 1. The van der Waals surface area contributed by atoms with Crippen LogP contribution in [-0.2, 0) is 4.79 Å². The molecule has 142 valence electrons. The summed E-state index contributed by atoms with van der Waals surface area (Å²) in [6, 6.07) is 11.1. The maximum atomic E-state index is 12.0. The molecule has 0 aliphatic heterocycles. The minimum atomic E-state index is -0.874. The van der Waals surface area contributed by atoms with Crippen LogP contribution in [-0.4, -0.2) is 19.0 Å². The summed E-state index contributed by atoms with van der Waals surface area (Å²) in [5.74, 6) is -0.617. The van der Waals surface area contributed by atoms with Gasteiger partial charge in [0.1, 0.15) is 22.6 Å². The fourth-order valence-corrected chi connectivity index (χ4v) is 2.99. The van der Waals surface area contributed by atoms with Gasteiger partial charge in [0.25, 0.3) is 5.91 Å². The number of amides is 1. The Hall–Kier alpha value is -3.39. The lowest BCUT2D eigenvalue weighted by Gasteiger charge is -2.04. The molecule has 1 amide bonds. The van der Waals surface area contributed by atoms with Crippen molar-refractivity contribution < 1.29 is 23.5 Å². The Morgan fingerprint density at radius 2 is 1.93 bits per heavy atom. The third-order valence-corrected chi connectivity index (χ3v) is 4.40. The van der Waals surface area contributed by atoms with E-state index >= 15 is 0 Å². The van der Waals surface area contributed by atoms with Gasteiger partial charge in [-0.05, 0) is 57.9 Å². The van der Waals surface area contributed by atoms with Crippen molar-refractivity contribution in [3.8, 4) is 11.5 Å². The van der Waals surface area contributed by atoms with E-state index in [2.05, 4.69) is 15.9 Å². The molecular formula is C20H14BrNO6. The van der Waals surface area contributed by atoms with E-state index in [0.29, 0.717) is 11.1 Å². The lowest BCUT2D eigenvalue weighted by molar-refractivity contribution is -0.128. The van der Waals surface area contributed by atoms with E-state index in [1.54, 1.807) is 37.5 Å². The molecule has 28 heavy (non-hydrogen) atoms. The highest BCUT2D eigenvalue weighted by atomic mass is 79.9. The first-order valence-corrected chi connectivity index (χ1v) is 8.78. The van der Waals surface area contributed by atoms with Gasteiger partial charge in [-0.25, -0.2) is 9.59 Å². The molecule has 1 aromatic heterocycles. The molecule has 0 saturated heterocycles. The SMILES string of the molecule is COc1ccc(/C=C/C(=O)Oc2ccc3cc(C(N)=O)c(=O)oc3c2)cc1Br. The van der Waals surface area contributed by atoms with E-state index in [1.807, 2.05) is 0 Å². The average molecular weight is 444 g/mol. The molecule has 7 nitrogen and oxygen atoms in total. The van der Waals surface area contributed by atoms with Crippen LogP contribution in [0.4, 0.5) is 0 Å². The highest BCUT2D eigenvalue weighted by molar-refractivity contribution is 9.10. The van der Waals surface area contributed by atoms with Crippen LogP contribution in [0.2, 0.25) is 0 Å². The minimum Gasteiger partial charge on any atom is -0.496 e. The van der Waals surface area contributed by atoms with Gasteiger partial charge in [0.05, 0.1) is 11.6 Å². The summed E-state index contributed by atoms with van der Waals surface area (Å²) in [6.07, 6.45) is 2.86. The number of carbonyl (C=O) groups is 2. The van der Waals surface area contributed by atoms with E-state index in [9.17, 15) is 14.4 Å². The van der Waals surface area contributed by atoms with E-state index in [1.165, 1.54) is 24.3 Å². The molecular weight excluding hydrogens is 430 g/mol. The van der Waals surface area contributed by atoms with Gasteiger partial charge in [-0.15, -0.1) is 0 Å². The minimum absolute atomic E-state index is 0.170.